The first-order valence-electron chi connectivity index (χ1n) is 6.06. The fourth-order valence-electron chi connectivity index (χ4n) is 1.54. The quantitative estimate of drug-likeness (QED) is 0.866. The SMILES string of the molecule is CCCNC(C)c1ccc(Sc2ncco2)cn1. The summed E-state index contributed by atoms with van der Waals surface area (Å²) in [6.07, 6.45) is 6.19. The molecule has 0 aliphatic heterocycles. The Kier molecular flexibility index (Phi) is 4.78. The normalized spacial score (nSPS) is 12.6. The summed E-state index contributed by atoms with van der Waals surface area (Å²) in [6, 6.07) is 4.37. The van der Waals surface area contributed by atoms with Crippen LogP contribution in [0.3, 0.4) is 0 Å². The average molecular weight is 263 g/mol. The van der Waals surface area contributed by atoms with Gasteiger partial charge in [0.05, 0.1) is 11.9 Å². The Balaban J connectivity index is 1.96. The second kappa shape index (κ2) is 6.56. The van der Waals surface area contributed by atoms with Gasteiger partial charge in [0.15, 0.2) is 0 Å². The predicted octanol–water partition coefficient (Wildman–Crippen LogP) is 3.28. The highest BCUT2D eigenvalue weighted by Crippen LogP contribution is 2.25. The van der Waals surface area contributed by atoms with Crippen LogP contribution in [0.2, 0.25) is 0 Å². The Morgan fingerprint density at radius 3 is 2.89 bits per heavy atom. The number of oxazole rings is 1. The minimum atomic E-state index is 0.283. The van der Waals surface area contributed by atoms with Gasteiger partial charge in [-0.2, -0.15) is 0 Å². The van der Waals surface area contributed by atoms with E-state index in [2.05, 4.69) is 29.1 Å². The molecule has 0 saturated heterocycles. The third kappa shape index (κ3) is 3.58. The van der Waals surface area contributed by atoms with E-state index in [1.807, 2.05) is 18.3 Å². The van der Waals surface area contributed by atoms with Crippen LogP contribution in [-0.4, -0.2) is 16.5 Å². The third-order valence-corrected chi connectivity index (χ3v) is 3.37. The minimum Gasteiger partial charge on any atom is -0.440 e. The number of hydrogen-bond donors (Lipinski definition) is 1. The standard InChI is InChI=1S/C13H17N3OS/c1-3-6-14-10(2)12-5-4-11(9-16-12)18-13-15-7-8-17-13/h4-5,7-10,14H,3,6H2,1-2H3. The van der Waals surface area contributed by atoms with Gasteiger partial charge in [-0.1, -0.05) is 6.92 Å². The van der Waals surface area contributed by atoms with Gasteiger partial charge in [-0.25, -0.2) is 4.98 Å². The minimum absolute atomic E-state index is 0.283. The Morgan fingerprint density at radius 2 is 2.28 bits per heavy atom. The first-order valence-corrected chi connectivity index (χ1v) is 6.88. The lowest BCUT2D eigenvalue weighted by Gasteiger charge is -2.12. The van der Waals surface area contributed by atoms with E-state index >= 15 is 0 Å². The molecule has 0 aromatic carbocycles. The first kappa shape index (κ1) is 13.1. The summed E-state index contributed by atoms with van der Waals surface area (Å²) in [5, 5.41) is 4.05. The number of nitrogens with zero attached hydrogens (tertiary/aromatic N) is 2. The van der Waals surface area contributed by atoms with Crippen molar-refractivity contribution in [1.29, 1.82) is 0 Å². The molecule has 0 spiro atoms. The second-order valence-corrected chi connectivity index (χ2v) is 5.02. The molecule has 4 nitrogen and oxygen atoms in total. The van der Waals surface area contributed by atoms with Gasteiger partial charge < -0.3 is 9.73 Å². The number of rotatable bonds is 6. The van der Waals surface area contributed by atoms with Crippen LogP contribution < -0.4 is 5.32 Å². The van der Waals surface area contributed by atoms with Crippen LogP contribution in [0.5, 0.6) is 0 Å². The topological polar surface area (TPSA) is 51.0 Å². The van der Waals surface area contributed by atoms with Crippen molar-refractivity contribution >= 4 is 11.8 Å². The second-order valence-electron chi connectivity index (χ2n) is 3.99. The smallest absolute Gasteiger partial charge is 0.260 e. The molecule has 0 amide bonds. The zero-order valence-corrected chi connectivity index (χ0v) is 11.4. The lowest BCUT2D eigenvalue weighted by Crippen LogP contribution is -2.20. The molecule has 0 aliphatic rings. The van der Waals surface area contributed by atoms with Gasteiger partial charge in [0.1, 0.15) is 6.26 Å². The highest BCUT2D eigenvalue weighted by molar-refractivity contribution is 7.99. The summed E-state index contributed by atoms with van der Waals surface area (Å²) >= 11 is 1.47. The number of aromatic nitrogens is 2. The van der Waals surface area contributed by atoms with Crippen LogP contribution in [-0.2, 0) is 0 Å². The molecule has 2 aromatic heterocycles. The van der Waals surface area contributed by atoms with Crippen molar-refractivity contribution in [2.24, 2.45) is 0 Å². The van der Waals surface area contributed by atoms with Gasteiger partial charge in [0.2, 0.25) is 0 Å². The van der Waals surface area contributed by atoms with Crippen LogP contribution in [0.25, 0.3) is 0 Å². The van der Waals surface area contributed by atoms with Crippen molar-refractivity contribution in [3.05, 3.63) is 36.5 Å². The largest absolute Gasteiger partial charge is 0.440 e. The molecule has 0 aliphatic carbocycles. The zero-order valence-electron chi connectivity index (χ0n) is 10.6. The Hall–Kier alpha value is -1.33. The summed E-state index contributed by atoms with van der Waals surface area (Å²) in [7, 11) is 0. The van der Waals surface area contributed by atoms with Crippen molar-refractivity contribution < 1.29 is 4.42 Å². The van der Waals surface area contributed by atoms with E-state index in [0.717, 1.165) is 23.6 Å². The summed E-state index contributed by atoms with van der Waals surface area (Å²) < 4.78 is 5.18. The maximum atomic E-state index is 5.18. The van der Waals surface area contributed by atoms with Crippen molar-refractivity contribution in [3.8, 4) is 0 Å². The molecule has 18 heavy (non-hydrogen) atoms. The van der Waals surface area contributed by atoms with E-state index in [0.29, 0.717) is 5.22 Å². The lowest BCUT2D eigenvalue weighted by atomic mass is 10.2. The molecule has 0 fully saturated rings. The molecule has 1 atom stereocenters. The molecule has 5 heteroatoms. The van der Waals surface area contributed by atoms with E-state index in [-0.39, 0.29) is 6.04 Å². The third-order valence-electron chi connectivity index (χ3n) is 2.52. The van der Waals surface area contributed by atoms with Gasteiger partial charge >= 0.3 is 0 Å². The fraction of sp³-hybridized carbons (Fsp3) is 0.385. The van der Waals surface area contributed by atoms with Crippen LogP contribution in [0, 0.1) is 0 Å². The summed E-state index contributed by atoms with van der Waals surface area (Å²) in [6.45, 7) is 5.29. The molecule has 2 rings (SSSR count). The molecular weight excluding hydrogens is 246 g/mol. The zero-order chi connectivity index (χ0) is 12.8. The van der Waals surface area contributed by atoms with E-state index in [1.165, 1.54) is 11.8 Å². The summed E-state index contributed by atoms with van der Waals surface area (Å²) in [5.74, 6) is 0. The van der Waals surface area contributed by atoms with E-state index in [1.54, 1.807) is 12.5 Å². The predicted molar refractivity (Wildman–Crippen MR) is 71.6 cm³/mol. The van der Waals surface area contributed by atoms with Gasteiger partial charge in [0, 0.05) is 17.1 Å². The highest BCUT2D eigenvalue weighted by Gasteiger charge is 2.07. The van der Waals surface area contributed by atoms with E-state index in [9.17, 15) is 0 Å². The molecule has 1 unspecified atom stereocenters. The van der Waals surface area contributed by atoms with Gasteiger partial charge in [-0.05, 0) is 43.8 Å². The summed E-state index contributed by atoms with van der Waals surface area (Å²) in [4.78, 5) is 9.56. The molecule has 0 saturated carbocycles. The van der Waals surface area contributed by atoms with Gasteiger partial charge in [0.25, 0.3) is 5.22 Å². The van der Waals surface area contributed by atoms with Crippen molar-refractivity contribution in [2.45, 2.75) is 36.4 Å². The Bertz CT molecular complexity index is 456. The van der Waals surface area contributed by atoms with Gasteiger partial charge in [-0.15, -0.1) is 0 Å². The lowest BCUT2D eigenvalue weighted by molar-refractivity contribution is 0.454. The summed E-state index contributed by atoms with van der Waals surface area (Å²) in [5.41, 5.74) is 1.06. The number of pyridine rings is 1. The van der Waals surface area contributed by atoms with Crippen LogP contribution in [0.15, 0.2) is 45.3 Å². The van der Waals surface area contributed by atoms with E-state index < -0.39 is 0 Å². The molecule has 1 N–H and O–H groups in total. The maximum absolute atomic E-state index is 5.18. The molecule has 0 bridgehead atoms. The van der Waals surface area contributed by atoms with Crippen LogP contribution in [0.1, 0.15) is 32.0 Å². The molecular formula is C13H17N3OS. The molecule has 2 aromatic rings. The highest BCUT2D eigenvalue weighted by atomic mass is 32.2. The molecule has 0 radical (unpaired) electrons. The van der Waals surface area contributed by atoms with Crippen molar-refractivity contribution in [2.75, 3.05) is 6.54 Å². The van der Waals surface area contributed by atoms with E-state index in [4.69, 9.17) is 4.42 Å². The van der Waals surface area contributed by atoms with Crippen LogP contribution in [0.4, 0.5) is 0 Å². The van der Waals surface area contributed by atoms with Crippen molar-refractivity contribution in [1.82, 2.24) is 15.3 Å². The number of hydrogen-bond acceptors (Lipinski definition) is 5. The van der Waals surface area contributed by atoms with Crippen LogP contribution >= 0.6 is 11.8 Å². The first-order chi connectivity index (χ1) is 8.79. The monoisotopic (exact) mass is 263 g/mol. The van der Waals surface area contributed by atoms with Crippen molar-refractivity contribution in [3.63, 3.8) is 0 Å². The fourth-order valence-corrected chi connectivity index (χ4v) is 2.20. The molecule has 2 heterocycles. The maximum Gasteiger partial charge on any atom is 0.260 e. The Morgan fingerprint density at radius 1 is 1.39 bits per heavy atom. The number of nitrogens with one attached hydrogen (secondary N) is 1. The molecule has 96 valence electrons. The van der Waals surface area contributed by atoms with Gasteiger partial charge in [-0.3, -0.25) is 4.98 Å². The Labute approximate surface area is 111 Å². The average Bonchev–Trinajstić information content (AvgIpc) is 2.89.